The number of esters is 1. The van der Waals surface area contributed by atoms with E-state index in [4.69, 9.17) is 4.98 Å². The first-order chi connectivity index (χ1) is 13.4. The first kappa shape index (κ1) is 19.5. The number of hydrogen-bond acceptors (Lipinski definition) is 5. The van der Waals surface area contributed by atoms with E-state index in [2.05, 4.69) is 15.2 Å². The van der Waals surface area contributed by atoms with Gasteiger partial charge in [-0.25, -0.2) is 9.67 Å². The molecule has 0 saturated heterocycles. The maximum absolute atomic E-state index is 13.0. The number of aromatic nitrogens is 3. The molecule has 146 valence electrons. The molecule has 0 radical (unpaired) electrons. The Bertz CT molecular complexity index is 996. The van der Waals surface area contributed by atoms with Gasteiger partial charge in [-0.05, 0) is 26.8 Å². The number of carbonyl (C=O) groups excluding carboxylic acids is 2. The second kappa shape index (κ2) is 8.21. The van der Waals surface area contributed by atoms with Crippen molar-refractivity contribution in [3.8, 4) is 11.3 Å². The lowest BCUT2D eigenvalue weighted by Crippen LogP contribution is -2.34. The smallest absolute Gasteiger partial charge is 0.307 e. The minimum absolute atomic E-state index is 0.102. The molecule has 1 unspecified atom stereocenters. The quantitative estimate of drug-likeness (QED) is 0.663. The minimum Gasteiger partial charge on any atom is -0.469 e. The largest absolute Gasteiger partial charge is 0.469 e. The molecule has 1 atom stereocenters. The molecule has 1 amide bonds. The standard InChI is InChI=1S/C21H24N4O3/c1-13(2)25-20-17(12-22-25)16(21(27)23-14(3)10-19(26)28-4)11-18(24-20)15-8-6-5-7-9-15/h5-9,11-14H,10H2,1-4H3,(H,23,27). The summed E-state index contributed by atoms with van der Waals surface area (Å²) in [6, 6.07) is 11.2. The molecular formula is C21H24N4O3. The SMILES string of the molecule is COC(=O)CC(C)NC(=O)c1cc(-c2ccccc2)nc2c1cnn2C(C)C. The Hall–Kier alpha value is -3.22. The predicted molar refractivity (Wildman–Crippen MR) is 107 cm³/mol. The van der Waals surface area contributed by atoms with Gasteiger partial charge in [-0.2, -0.15) is 5.10 Å². The summed E-state index contributed by atoms with van der Waals surface area (Å²) in [6.45, 7) is 5.80. The Balaban J connectivity index is 2.05. The molecule has 28 heavy (non-hydrogen) atoms. The highest BCUT2D eigenvalue weighted by atomic mass is 16.5. The van der Waals surface area contributed by atoms with Crippen molar-refractivity contribution in [2.24, 2.45) is 0 Å². The molecule has 1 aromatic carbocycles. The lowest BCUT2D eigenvalue weighted by Gasteiger charge is -2.14. The fourth-order valence-electron chi connectivity index (χ4n) is 3.03. The zero-order chi connectivity index (χ0) is 20.3. The molecule has 1 N–H and O–H groups in total. The lowest BCUT2D eigenvalue weighted by atomic mass is 10.1. The summed E-state index contributed by atoms with van der Waals surface area (Å²) >= 11 is 0. The van der Waals surface area contributed by atoms with Crippen LogP contribution in [-0.4, -0.2) is 39.8 Å². The predicted octanol–water partition coefficient (Wildman–Crippen LogP) is 3.36. The number of nitrogens with zero attached hydrogens (tertiary/aromatic N) is 3. The van der Waals surface area contributed by atoms with Crippen LogP contribution in [0.5, 0.6) is 0 Å². The summed E-state index contributed by atoms with van der Waals surface area (Å²) in [6.07, 6.45) is 1.77. The highest BCUT2D eigenvalue weighted by Crippen LogP contribution is 2.26. The van der Waals surface area contributed by atoms with Crippen molar-refractivity contribution in [1.29, 1.82) is 0 Å². The fraction of sp³-hybridized carbons (Fsp3) is 0.333. The number of methoxy groups -OCH3 is 1. The maximum Gasteiger partial charge on any atom is 0.307 e. The van der Waals surface area contributed by atoms with Crippen molar-refractivity contribution in [3.63, 3.8) is 0 Å². The summed E-state index contributed by atoms with van der Waals surface area (Å²) in [4.78, 5) is 29.2. The van der Waals surface area contributed by atoms with Gasteiger partial charge < -0.3 is 10.1 Å². The molecule has 7 nitrogen and oxygen atoms in total. The molecule has 0 aliphatic carbocycles. The van der Waals surface area contributed by atoms with Crippen molar-refractivity contribution < 1.29 is 14.3 Å². The van der Waals surface area contributed by atoms with Gasteiger partial charge in [0.25, 0.3) is 5.91 Å². The van der Waals surface area contributed by atoms with Crippen LogP contribution in [-0.2, 0) is 9.53 Å². The Morgan fingerprint density at radius 3 is 2.54 bits per heavy atom. The van der Waals surface area contributed by atoms with Gasteiger partial charge in [0.2, 0.25) is 0 Å². The molecule has 0 spiro atoms. The summed E-state index contributed by atoms with van der Waals surface area (Å²) in [5.41, 5.74) is 2.74. The minimum atomic E-state index is -0.370. The number of hydrogen-bond donors (Lipinski definition) is 1. The average molecular weight is 380 g/mol. The number of pyridine rings is 1. The van der Waals surface area contributed by atoms with E-state index < -0.39 is 0 Å². The number of fused-ring (bicyclic) bond motifs is 1. The van der Waals surface area contributed by atoms with Crippen LogP contribution < -0.4 is 5.32 Å². The van der Waals surface area contributed by atoms with Crippen LogP contribution >= 0.6 is 0 Å². The molecule has 0 fully saturated rings. The Morgan fingerprint density at radius 1 is 1.18 bits per heavy atom. The van der Waals surface area contributed by atoms with E-state index in [-0.39, 0.29) is 30.4 Å². The van der Waals surface area contributed by atoms with Crippen LogP contribution in [0, 0.1) is 0 Å². The number of nitrogens with one attached hydrogen (secondary N) is 1. The van der Waals surface area contributed by atoms with Gasteiger partial charge in [-0.1, -0.05) is 30.3 Å². The summed E-state index contributed by atoms with van der Waals surface area (Å²) in [7, 11) is 1.33. The zero-order valence-corrected chi connectivity index (χ0v) is 16.5. The monoisotopic (exact) mass is 380 g/mol. The summed E-state index contributed by atoms with van der Waals surface area (Å²) < 4.78 is 6.47. The van der Waals surface area contributed by atoms with E-state index in [1.54, 1.807) is 23.9 Å². The van der Waals surface area contributed by atoms with Crippen molar-refractivity contribution >= 4 is 22.9 Å². The van der Waals surface area contributed by atoms with Gasteiger partial charge in [-0.3, -0.25) is 9.59 Å². The van der Waals surface area contributed by atoms with Gasteiger partial charge in [0.05, 0.1) is 36.4 Å². The lowest BCUT2D eigenvalue weighted by molar-refractivity contribution is -0.141. The number of benzene rings is 1. The second-order valence-corrected chi connectivity index (χ2v) is 7.00. The molecule has 2 aromatic heterocycles. The van der Waals surface area contributed by atoms with Crippen molar-refractivity contribution in [2.75, 3.05) is 7.11 Å². The summed E-state index contributed by atoms with van der Waals surface area (Å²) in [5.74, 6) is -0.644. The molecule has 0 saturated carbocycles. The van der Waals surface area contributed by atoms with Crippen molar-refractivity contribution in [1.82, 2.24) is 20.1 Å². The third kappa shape index (κ3) is 4.03. The molecular weight excluding hydrogens is 356 g/mol. The topological polar surface area (TPSA) is 86.1 Å². The third-order valence-electron chi connectivity index (χ3n) is 4.45. The molecule has 7 heteroatoms. The molecule has 3 rings (SSSR count). The molecule has 2 heterocycles. The van der Waals surface area contributed by atoms with Crippen LogP contribution in [0.15, 0.2) is 42.6 Å². The molecule has 0 bridgehead atoms. The third-order valence-corrected chi connectivity index (χ3v) is 4.45. The molecule has 0 aliphatic heterocycles. The van der Waals surface area contributed by atoms with Crippen LogP contribution in [0.3, 0.4) is 0 Å². The fourth-order valence-corrected chi connectivity index (χ4v) is 3.03. The van der Waals surface area contributed by atoms with Crippen LogP contribution in [0.4, 0.5) is 0 Å². The van der Waals surface area contributed by atoms with E-state index in [1.807, 2.05) is 44.2 Å². The number of rotatable bonds is 6. The maximum atomic E-state index is 13.0. The number of carbonyl (C=O) groups is 2. The van der Waals surface area contributed by atoms with Gasteiger partial charge in [0.1, 0.15) is 0 Å². The number of amides is 1. The van der Waals surface area contributed by atoms with Crippen LogP contribution in [0.1, 0.15) is 43.6 Å². The molecule has 3 aromatic rings. The van der Waals surface area contributed by atoms with E-state index in [1.165, 1.54) is 7.11 Å². The van der Waals surface area contributed by atoms with Crippen molar-refractivity contribution in [2.45, 2.75) is 39.3 Å². The van der Waals surface area contributed by atoms with Gasteiger partial charge in [-0.15, -0.1) is 0 Å². The van der Waals surface area contributed by atoms with E-state index >= 15 is 0 Å². The number of ether oxygens (including phenoxy) is 1. The Morgan fingerprint density at radius 2 is 1.89 bits per heavy atom. The van der Waals surface area contributed by atoms with E-state index in [0.29, 0.717) is 22.3 Å². The Kier molecular flexibility index (Phi) is 5.73. The van der Waals surface area contributed by atoms with E-state index in [9.17, 15) is 9.59 Å². The van der Waals surface area contributed by atoms with Crippen LogP contribution in [0.2, 0.25) is 0 Å². The highest BCUT2D eigenvalue weighted by Gasteiger charge is 2.20. The van der Waals surface area contributed by atoms with Gasteiger partial charge in [0.15, 0.2) is 5.65 Å². The highest BCUT2D eigenvalue weighted by molar-refractivity contribution is 6.06. The summed E-state index contributed by atoms with van der Waals surface area (Å²) in [5, 5.41) is 7.96. The molecule has 0 aliphatic rings. The zero-order valence-electron chi connectivity index (χ0n) is 16.5. The van der Waals surface area contributed by atoms with Crippen molar-refractivity contribution in [3.05, 3.63) is 48.2 Å². The van der Waals surface area contributed by atoms with E-state index in [0.717, 1.165) is 5.56 Å². The van der Waals surface area contributed by atoms with Crippen LogP contribution in [0.25, 0.3) is 22.3 Å². The normalized spacial score (nSPS) is 12.2. The first-order valence-electron chi connectivity index (χ1n) is 9.22. The first-order valence-corrected chi connectivity index (χ1v) is 9.22. The average Bonchev–Trinajstić information content (AvgIpc) is 3.11. The van der Waals surface area contributed by atoms with Gasteiger partial charge >= 0.3 is 5.97 Å². The second-order valence-electron chi connectivity index (χ2n) is 7.00. The Labute approximate surface area is 163 Å². The van der Waals surface area contributed by atoms with Gasteiger partial charge in [0, 0.05) is 17.6 Å².